The lowest BCUT2D eigenvalue weighted by Gasteiger charge is -2.05. The second-order valence-corrected chi connectivity index (χ2v) is 8.74. The Bertz CT molecular complexity index is 1040. The van der Waals surface area contributed by atoms with Gasteiger partial charge in [-0.2, -0.15) is 0 Å². The molecule has 0 aromatic rings. The van der Waals surface area contributed by atoms with Crippen molar-refractivity contribution in [2.24, 2.45) is 4.99 Å². The Balaban J connectivity index is 3.79. The zero-order valence-electron chi connectivity index (χ0n) is 24.9. The lowest BCUT2D eigenvalue weighted by atomic mass is 10.2. The van der Waals surface area contributed by atoms with Crippen LogP contribution in [0.15, 0.2) is 77.9 Å². The third-order valence-electron chi connectivity index (χ3n) is 5.01. The summed E-state index contributed by atoms with van der Waals surface area (Å²) in [4.78, 5) is 60.3. The van der Waals surface area contributed by atoms with Gasteiger partial charge in [-0.25, -0.2) is 14.4 Å². The molecule has 0 unspecified atom stereocenters. The number of unbranched alkanes of at least 4 members (excludes halogenated alkanes) is 1. The Morgan fingerprint density at radius 3 is 1.93 bits per heavy atom. The van der Waals surface area contributed by atoms with Gasteiger partial charge in [0.15, 0.2) is 6.40 Å². The van der Waals surface area contributed by atoms with Crippen molar-refractivity contribution in [3.05, 3.63) is 72.9 Å². The number of aliphatic imine (C=N–C) groups is 1. The molecule has 0 spiro atoms. The average Bonchev–Trinajstić information content (AvgIpc) is 2.97. The van der Waals surface area contributed by atoms with Gasteiger partial charge in [-0.3, -0.25) is 14.6 Å². The van der Waals surface area contributed by atoms with E-state index >= 15 is 0 Å². The van der Waals surface area contributed by atoms with E-state index in [0.717, 1.165) is 51.0 Å². The van der Waals surface area contributed by atoms with E-state index in [4.69, 9.17) is 9.84 Å². The van der Waals surface area contributed by atoms with Gasteiger partial charge in [0, 0.05) is 31.5 Å². The van der Waals surface area contributed by atoms with Gasteiger partial charge in [-0.05, 0) is 51.4 Å². The van der Waals surface area contributed by atoms with Crippen LogP contribution in [0.2, 0.25) is 0 Å². The zero-order valence-corrected chi connectivity index (χ0v) is 24.9. The molecule has 43 heavy (non-hydrogen) atoms. The fraction of sp³-hybridized carbons (Fsp3) is 0.438. The largest absolute Gasteiger partial charge is 0.481 e. The van der Waals surface area contributed by atoms with Gasteiger partial charge in [0.05, 0.1) is 6.54 Å². The van der Waals surface area contributed by atoms with E-state index < -0.39 is 30.0 Å². The summed E-state index contributed by atoms with van der Waals surface area (Å²) in [7, 11) is 0. The molecule has 0 saturated carbocycles. The molecule has 0 saturated heterocycles. The monoisotopic (exact) mass is 600 g/mol. The van der Waals surface area contributed by atoms with Gasteiger partial charge in [0.1, 0.15) is 6.61 Å². The maximum absolute atomic E-state index is 11.8. The first-order valence-electron chi connectivity index (χ1n) is 14.3. The van der Waals surface area contributed by atoms with Gasteiger partial charge in [0.25, 0.3) is 0 Å². The molecule has 0 aliphatic heterocycles. The van der Waals surface area contributed by atoms with E-state index in [1.54, 1.807) is 0 Å². The summed E-state index contributed by atoms with van der Waals surface area (Å²) in [6, 6.07) is 0. The molecule has 2 N–H and O–H groups in total. The van der Waals surface area contributed by atoms with Crippen LogP contribution in [0.1, 0.15) is 71.1 Å². The summed E-state index contributed by atoms with van der Waals surface area (Å²) < 4.78 is 14.0. The molecule has 0 aromatic carbocycles. The van der Waals surface area contributed by atoms with Crippen molar-refractivity contribution in [1.29, 1.82) is 0 Å². The molecule has 0 rings (SSSR count). The number of aliphatic carboxylic acids is 1. The third kappa shape index (κ3) is 30.3. The summed E-state index contributed by atoms with van der Waals surface area (Å²) >= 11 is 0. The van der Waals surface area contributed by atoms with Gasteiger partial charge in [-0.1, -0.05) is 67.7 Å². The summed E-state index contributed by atoms with van der Waals surface area (Å²) in [5, 5.41) is 10.7. The van der Waals surface area contributed by atoms with Crippen LogP contribution < -0.4 is 5.32 Å². The molecular weight excluding hydrogens is 556 g/mol. The van der Waals surface area contributed by atoms with Crippen LogP contribution in [0.25, 0.3) is 0 Å². The van der Waals surface area contributed by atoms with Crippen molar-refractivity contribution in [2.45, 2.75) is 71.1 Å². The summed E-state index contributed by atoms with van der Waals surface area (Å²) in [6.07, 6.45) is 29.0. The van der Waals surface area contributed by atoms with Crippen molar-refractivity contribution >= 4 is 36.4 Å². The number of carboxylic acid groups (broad SMARTS) is 1. The standard InChI is InChI=1S/C32H44N2O9/c1-2-3-4-5-6-7-8-9-10-11-12-13-14-15-16-17-18-21-29(37)41-26-25-34-32(40)43-31(39)23-22-30(38)42-27-33-24-19-20-28(35)36/h3-4,6-7,9-10,12-13,15-16,22-23,27H,2,5,8,11,14,17-21,24-26H2,1H3,(H,34,40)(H,35,36)/b4-3-,7-6-,10-9-,13-12-,16-15-,23-22+,33-27+. The van der Waals surface area contributed by atoms with Crippen molar-refractivity contribution < 1.29 is 43.3 Å². The molecule has 236 valence electrons. The van der Waals surface area contributed by atoms with Gasteiger partial charge in [0.2, 0.25) is 0 Å². The minimum Gasteiger partial charge on any atom is -0.481 e. The molecular formula is C32H44N2O9. The van der Waals surface area contributed by atoms with Crippen molar-refractivity contribution in [3.8, 4) is 0 Å². The second kappa shape index (κ2) is 29.0. The predicted octanol–water partition coefficient (Wildman–Crippen LogP) is 5.70. The molecule has 0 heterocycles. The highest BCUT2D eigenvalue weighted by molar-refractivity contribution is 5.97. The summed E-state index contributed by atoms with van der Waals surface area (Å²) in [6.45, 7) is 2.14. The molecule has 0 aliphatic carbocycles. The summed E-state index contributed by atoms with van der Waals surface area (Å²) in [5.74, 6) is -3.40. The molecule has 0 radical (unpaired) electrons. The van der Waals surface area contributed by atoms with Crippen LogP contribution in [-0.4, -0.2) is 61.2 Å². The maximum Gasteiger partial charge on any atom is 0.415 e. The average molecular weight is 601 g/mol. The minimum atomic E-state index is -1.11. The van der Waals surface area contributed by atoms with E-state index in [-0.39, 0.29) is 39.0 Å². The number of carboxylic acids is 1. The Kier molecular flexibility index (Phi) is 25.9. The normalized spacial score (nSPS) is 12.0. The van der Waals surface area contributed by atoms with Crippen molar-refractivity contribution in [3.63, 3.8) is 0 Å². The van der Waals surface area contributed by atoms with Crippen LogP contribution in [-0.2, 0) is 33.4 Å². The van der Waals surface area contributed by atoms with E-state index in [9.17, 15) is 24.0 Å². The zero-order chi connectivity index (χ0) is 31.8. The minimum absolute atomic E-state index is 0.0588. The number of hydrogen-bond donors (Lipinski definition) is 2. The molecule has 0 aromatic heterocycles. The first kappa shape index (κ1) is 38.5. The van der Waals surface area contributed by atoms with E-state index in [0.29, 0.717) is 12.5 Å². The van der Waals surface area contributed by atoms with Crippen LogP contribution >= 0.6 is 0 Å². The van der Waals surface area contributed by atoms with Crippen LogP contribution in [0.5, 0.6) is 0 Å². The van der Waals surface area contributed by atoms with E-state index in [2.05, 4.69) is 81.4 Å². The van der Waals surface area contributed by atoms with Gasteiger partial charge in [-0.15, -0.1) is 0 Å². The molecule has 0 fully saturated rings. The van der Waals surface area contributed by atoms with Crippen molar-refractivity contribution in [1.82, 2.24) is 5.32 Å². The molecule has 0 bridgehead atoms. The van der Waals surface area contributed by atoms with Crippen LogP contribution in [0, 0.1) is 0 Å². The molecule has 0 aliphatic rings. The van der Waals surface area contributed by atoms with Gasteiger partial charge < -0.3 is 24.6 Å². The number of alkyl carbamates (subject to hydrolysis) is 1. The highest BCUT2D eigenvalue weighted by Gasteiger charge is 2.08. The third-order valence-corrected chi connectivity index (χ3v) is 5.01. The van der Waals surface area contributed by atoms with Crippen LogP contribution in [0.3, 0.4) is 0 Å². The number of carbonyl (C=O) groups excluding carboxylic acids is 4. The highest BCUT2D eigenvalue weighted by Crippen LogP contribution is 2.01. The topological polar surface area (TPSA) is 158 Å². The Hall–Kier alpha value is -4.54. The van der Waals surface area contributed by atoms with Gasteiger partial charge >= 0.3 is 30.0 Å². The number of allylic oxidation sites excluding steroid dienone is 10. The SMILES string of the molecule is CC/C=C\C/C=C\C/C=C\C/C=C\C/C=C\CCCC(=O)OCCNC(=O)OC(=O)/C=C/C(=O)O/C=N/CCCC(=O)O. The Morgan fingerprint density at radius 2 is 1.33 bits per heavy atom. The molecule has 0 atom stereocenters. The van der Waals surface area contributed by atoms with Crippen LogP contribution in [0.4, 0.5) is 4.79 Å². The number of hydrogen-bond acceptors (Lipinski definition) is 9. The lowest BCUT2D eigenvalue weighted by Crippen LogP contribution is -2.30. The first-order chi connectivity index (χ1) is 20.8. The Labute approximate surface area is 253 Å². The predicted molar refractivity (Wildman–Crippen MR) is 164 cm³/mol. The highest BCUT2D eigenvalue weighted by atomic mass is 16.6. The quantitative estimate of drug-likeness (QED) is 0.0219. The number of esters is 3. The smallest absolute Gasteiger partial charge is 0.415 e. The number of nitrogens with zero attached hydrogens (tertiary/aromatic N) is 1. The number of ether oxygens (including phenoxy) is 3. The number of nitrogens with one attached hydrogen (secondary N) is 1. The molecule has 1 amide bonds. The Morgan fingerprint density at radius 1 is 0.744 bits per heavy atom. The fourth-order valence-electron chi connectivity index (χ4n) is 2.92. The van der Waals surface area contributed by atoms with E-state index in [1.165, 1.54) is 0 Å². The lowest BCUT2D eigenvalue weighted by molar-refractivity contribution is -0.143. The number of rotatable bonds is 23. The van der Waals surface area contributed by atoms with Crippen molar-refractivity contribution in [2.75, 3.05) is 19.7 Å². The fourth-order valence-corrected chi connectivity index (χ4v) is 2.92. The second-order valence-electron chi connectivity index (χ2n) is 8.74. The molecule has 11 heteroatoms. The number of amides is 1. The summed E-state index contributed by atoms with van der Waals surface area (Å²) in [5.41, 5.74) is 0. The maximum atomic E-state index is 11.8. The van der Waals surface area contributed by atoms with E-state index in [1.807, 2.05) is 6.08 Å². The number of carbonyl (C=O) groups is 5. The molecule has 11 nitrogen and oxygen atoms in total. The first-order valence-corrected chi connectivity index (χ1v) is 14.3.